The van der Waals surface area contributed by atoms with Gasteiger partial charge in [-0.1, -0.05) is 18.2 Å². The second-order valence-electron chi connectivity index (χ2n) is 5.82. The number of hydrogen-bond donors (Lipinski definition) is 1. The summed E-state index contributed by atoms with van der Waals surface area (Å²) >= 11 is 1.37. The van der Waals surface area contributed by atoms with Crippen molar-refractivity contribution in [1.82, 2.24) is 4.98 Å². The number of nitrogens with one attached hydrogen (secondary N) is 1. The van der Waals surface area contributed by atoms with Crippen LogP contribution in [0.25, 0.3) is 17.3 Å². The first-order valence-electron chi connectivity index (χ1n) is 8.58. The molecule has 6 heteroatoms. The van der Waals surface area contributed by atoms with E-state index in [1.165, 1.54) is 17.4 Å². The summed E-state index contributed by atoms with van der Waals surface area (Å²) in [5.74, 6) is 1.90. The Morgan fingerprint density at radius 2 is 1.79 bits per heavy atom. The number of carbonyl (C=O) groups is 1. The fourth-order valence-electron chi connectivity index (χ4n) is 2.47. The topological polar surface area (TPSA) is 64.4 Å². The molecule has 1 N–H and O–H groups in total. The molecule has 0 saturated heterocycles. The summed E-state index contributed by atoms with van der Waals surface area (Å²) in [5.41, 5.74) is 1.74. The zero-order valence-electron chi connectivity index (χ0n) is 14.7. The number of thiazole rings is 1. The molecule has 0 bridgehead atoms. The Morgan fingerprint density at radius 3 is 2.54 bits per heavy atom. The second kappa shape index (κ2) is 8.37. The van der Waals surface area contributed by atoms with Crippen molar-refractivity contribution < 1.29 is 13.9 Å². The third kappa shape index (κ3) is 4.55. The highest BCUT2D eigenvalue weighted by molar-refractivity contribution is 7.14. The van der Waals surface area contributed by atoms with Gasteiger partial charge < -0.3 is 9.15 Å². The van der Waals surface area contributed by atoms with Crippen molar-refractivity contribution in [3.63, 3.8) is 0 Å². The normalized spacial score (nSPS) is 10.9. The molecular formula is C22H16N2O3S. The van der Waals surface area contributed by atoms with Gasteiger partial charge >= 0.3 is 0 Å². The van der Waals surface area contributed by atoms with Gasteiger partial charge in [0.2, 0.25) is 5.91 Å². The van der Waals surface area contributed by atoms with E-state index in [-0.39, 0.29) is 5.91 Å². The first-order chi connectivity index (χ1) is 13.8. The maximum Gasteiger partial charge on any atom is 0.250 e. The van der Waals surface area contributed by atoms with E-state index >= 15 is 0 Å². The summed E-state index contributed by atoms with van der Waals surface area (Å²) in [4.78, 5) is 16.4. The quantitative estimate of drug-likeness (QED) is 0.421. The third-order valence-electron chi connectivity index (χ3n) is 3.81. The van der Waals surface area contributed by atoms with Crippen molar-refractivity contribution in [1.29, 1.82) is 0 Å². The molecule has 0 fully saturated rings. The van der Waals surface area contributed by atoms with Crippen molar-refractivity contribution in [2.45, 2.75) is 0 Å². The molecule has 0 unspecified atom stereocenters. The van der Waals surface area contributed by atoms with E-state index in [2.05, 4.69) is 10.3 Å². The highest BCUT2D eigenvalue weighted by atomic mass is 32.1. The predicted octanol–water partition coefficient (Wildman–Crippen LogP) is 5.85. The molecule has 4 rings (SSSR count). The number of aromatic nitrogens is 1. The number of ether oxygens (including phenoxy) is 1. The van der Waals surface area contributed by atoms with Crippen LogP contribution >= 0.6 is 11.3 Å². The van der Waals surface area contributed by atoms with Gasteiger partial charge in [0.15, 0.2) is 5.13 Å². The van der Waals surface area contributed by atoms with Gasteiger partial charge in [0.1, 0.15) is 17.3 Å². The highest BCUT2D eigenvalue weighted by Crippen LogP contribution is 2.28. The molecule has 0 saturated carbocycles. The SMILES string of the molecule is O=C(/C=C/c1ccco1)Nc1nc(-c2ccc(Oc3ccccc3)cc2)cs1. The number of rotatable bonds is 6. The minimum atomic E-state index is -0.260. The van der Waals surface area contributed by atoms with Crippen molar-refractivity contribution >= 4 is 28.5 Å². The van der Waals surface area contributed by atoms with Crippen LogP contribution in [0.1, 0.15) is 5.76 Å². The molecule has 2 heterocycles. The third-order valence-corrected chi connectivity index (χ3v) is 4.56. The number of furan rings is 1. The van der Waals surface area contributed by atoms with Crippen molar-refractivity contribution in [2.75, 3.05) is 5.32 Å². The Balaban J connectivity index is 1.39. The molecule has 138 valence electrons. The summed E-state index contributed by atoms with van der Waals surface area (Å²) in [7, 11) is 0. The van der Waals surface area contributed by atoms with Crippen LogP contribution in [-0.4, -0.2) is 10.9 Å². The lowest BCUT2D eigenvalue weighted by Crippen LogP contribution is -2.07. The largest absolute Gasteiger partial charge is 0.465 e. The van der Waals surface area contributed by atoms with E-state index < -0.39 is 0 Å². The Morgan fingerprint density at radius 1 is 1.00 bits per heavy atom. The number of amides is 1. The number of hydrogen-bond acceptors (Lipinski definition) is 5. The van der Waals surface area contributed by atoms with Gasteiger partial charge in [-0.2, -0.15) is 0 Å². The van der Waals surface area contributed by atoms with Crippen molar-refractivity contribution in [2.24, 2.45) is 0 Å². The minimum absolute atomic E-state index is 0.260. The maximum atomic E-state index is 12.0. The number of carbonyl (C=O) groups excluding carboxylic acids is 1. The first kappa shape index (κ1) is 17.8. The number of nitrogens with zero attached hydrogens (tertiary/aromatic N) is 1. The van der Waals surface area contributed by atoms with Gasteiger partial charge in [0.05, 0.1) is 12.0 Å². The lowest BCUT2D eigenvalue weighted by atomic mass is 10.2. The average molecular weight is 388 g/mol. The predicted molar refractivity (Wildman–Crippen MR) is 110 cm³/mol. The molecule has 0 aliphatic carbocycles. The summed E-state index contributed by atoms with van der Waals surface area (Å²) in [5, 5.41) is 5.19. The Labute approximate surface area is 165 Å². The zero-order valence-corrected chi connectivity index (χ0v) is 15.6. The number of para-hydroxylation sites is 1. The van der Waals surface area contributed by atoms with Crippen LogP contribution in [0.4, 0.5) is 5.13 Å². The standard InChI is InChI=1S/C22H16N2O3S/c25-21(13-12-17-7-4-14-26-17)24-22-23-20(15-28-22)16-8-10-19(11-9-16)27-18-5-2-1-3-6-18/h1-15H,(H,23,24,25)/b13-12+. The maximum absolute atomic E-state index is 12.0. The Hall–Kier alpha value is -3.64. The van der Waals surface area contributed by atoms with E-state index in [1.54, 1.807) is 24.5 Å². The molecule has 0 spiro atoms. The van der Waals surface area contributed by atoms with E-state index in [4.69, 9.17) is 9.15 Å². The minimum Gasteiger partial charge on any atom is -0.465 e. The van der Waals surface area contributed by atoms with E-state index in [1.807, 2.05) is 60.0 Å². The van der Waals surface area contributed by atoms with E-state index in [0.29, 0.717) is 10.9 Å². The molecule has 2 aromatic carbocycles. The summed E-state index contributed by atoms with van der Waals surface area (Å²) in [6.07, 6.45) is 4.58. The molecule has 0 atom stereocenters. The molecule has 0 radical (unpaired) electrons. The van der Waals surface area contributed by atoms with Crippen LogP contribution in [0.2, 0.25) is 0 Å². The monoisotopic (exact) mass is 388 g/mol. The molecule has 5 nitrogen and oxygen atoms in total. The van der Waals surface area contributed by atoms with Gasteiger partial charge in [-0.25, -0.2) is 4.98 Å². The van der Waals surface area contributed by atoms with Crippen LogP contribution in [-0.2, 0) is 4.79 Å². The molecule has 2 aromatic heterocycles. The Bertz CT molecular complexity index is 1070. The average Bonchev–Trinajstić information content (AvgIpc) is 3.40. The number of benzene rings is 2. The lowest BCUT2D eigenvalue weighted by Gasteiger charge is -2.05. The molecule has 0 aliphatic heterocycles. The molecule has 28 heavy (non-hydrogen) atoms. The van der Waals surface area contributed by atoms with Crippen molar-refractivity contribution in [3.8, 4) is 22.8 Å². The summed E-state index contributed by atoms with van der Waals surface area (Å²) < 4.78 is 10.9. The zero-order chi connectivity index (χ0) is 19.2. The van der Waals surface area contributed by atoms with Crippen molar-refractivity contribution in [3.05, 3.63) is 90.2 Å². The first-order valence-corrected chi connectivity index (χ1v) is 9.46. The lowest BCUT2D eigenvalue weighted by molar-refractivity contribution is -0.111. The van der Waals surface area contributed by atoms with Gasteiger partial charge in [-0.15, -0.1) is 11.3 Å². The summed E-state index contributed by atoms with van der Waals surface area (Å²) in [6, 6.07) is 20.8. The van der Waals surface area contributed by atoms with Gasteiger partial charge in [-0.05, 0) is 54.6 Å². The summed E-state index contributed by atoms with van der Waals surface area (Å²) in [6.45, 7) is 0. The molecule has 1 amide bonds. The molecule has 4 aromatic rings. The van der Waals surface area contributed by atoms with E-state index in [9.17, 15) is 4.79 Å². The Kier molecular flexibility index (Phi) is 5.31. The number of anilines is 1. The fourth-order valence-corrected chi connectivity index (χ4v) is 3.20. The van der Waals surface area contributed by atoms with Gasteiger partial charge in [0, 0.05) is 17.0 Å². The van der Waals surface area contributed by atoms with Crippen LogP contribution in [0.3, 0.4) is 0 Å². The molecular weight excluding hydrogens is 372 g/mol. The van der Waals surface area contributed by atoms with Crippen LogP contribution < -0.4 is 10.1 Å². The van der Waals surface area contributed by atoms with E-state index in [0.717, 1.165) is 22.8 Å². The fraction of sp³-hybridized carbons (Fsp3) is 0. The van der Waals surface area contributed by atoms with Crippen LogP contribution in [0.15, 0.2) is 88.9 Å². The van der Waals surface area contributed by atoms with Crippen LogP contribution in [0, 0.1) is 0 Å². The highest BCUT2D eigenvalue weighted by Gasteiger charge is 2.07. The van der Waals surface area contributed by atoms with Crippen LogP contribution in [0.5, 0.6) is 11.5 Å². The van der Waals surface area contributed by atoms with Gasteiger partial charge in [-0.3, -0.25) is 10.1 Å². The smallest absolute Gasteiger partial charge is 0.250 e. The second-order valence-corrected chi connectivity index (χ2v) is 6.67. The molecule has 0 aliphatic rings. The van der Waals surface area contributed by atoms with Gasteiger partial charge in [0.25, 0.3) is 0 Å².